The van der Waals surface area contributed by atoms with Crippen LogP contribution in [0.25, 0.3) is 0 Å². The van der Waals surface area contributed by atoms with E-state index in [1.807, 2.05) is 0 Å². The molecule has 0 bridgehead atoms. The molecule has 0 spiro atoms. The van der Waals surface area contributed by atoms with Crippen LogP contribution in [0.5, 0.6) is 5.75 Å². The molecule has 0 saturated heterocycles. The van der Waals surface area contributed by atoms with Crippen molar-refractivity contribution in [3.8, 4) is 5.75 Å². The number of anilines is 2. The Hall–Kier alpha value is -2.24. The van der Waals surface area contributed by atoms with Gasteiger partial charge in [0.25, 0.3) is 0 Å². The van der Waals surface area contributed by atoms with Crippen LogP contribution >= 0.6 is 23.2 Å². The summed E-state index contributed by atoms with van der Waals surface area (Å²) in [5.41, 5.74) is 1.06. The minimum absolute atomic E-state index is 0.104. The molecule has 0 aliphatic carbocycles. The maximum atomic E-state index is 12.2. The largest absolute Gasteiger partial charge is 0.497 e. The minimum Gasteiger partial charge on any atom is -0.497 e. The van der Waals surface area contributed by atoms with Gasteiger partial charge in [-0.05, 0) is 36.4 Å². The molecule has 0 fully saturated rings. The fraction of sp³-hybridized carbons (Fsp3) is 0.222. The molecule has 2 aromatic carbocycles. The molecule has 0 radical (unpaired) electrons. The fourth-order valence-corrected chi connectivity index (χ4v) is 2.75. The summed E-state index contributed by atoms with van der Waals surface area (Å²) >= 11 is 12.1. The van der Waals surface area contributed by atoms with E-state index in [9.17, 15) is 9.59 Å². The zero-order valence-electron chi connectivity index (χ0n) is 13.9. The van der Waals surface area contributed by atoms with Crippen LogP contribution in [-0.4, -0.2) is 25.5 Å². The van der Waals surface area contributed by atoms with Gasteiger partial charge < -0.3 is 15.0 Å². The molecule has 2 amide bonds. The predicted molar refractivity (Wildman–Crippen MR) is 101 cm³/mol. The van der Waals surface area contributed by atoms with Crippen LogP contribution in [0.15, 0.2) is 42.5 Å². The second-order valence-electron chi connectivity index (χ2n) is 5.26. The SMILES string of the molecule is COc1ccc(N(CCC(=O)Nc2c(Cl)cccc2Cl)C(C)=O)cc1. The van der Waals surface area contributed by atoms with E-state index < -0.39 is 0 Å². The highest BCUT2D eigenvalue weighted by Crippen LogP contribution is 2.30. The number of rotatable bonds is 6. The van der Waals surface area contributed by atoms with Crippen LogP contribution in [0.2, 0.25) is 10.0 Å². The third-order valence-corrected chi connectivity index (χ3v) is 4.18. The first-order valence-corrected chi connectivity index (χ1v) is 8.34. The first kappa shape index (κ1) is 19.1. The number of halogens is 2. The van der Waals surface area contributed by atoms with Crippen molar-refractivity contribution in [2.75, 3.05) is 23.9 Å². The molecule has 0 aliphatic heterocycles. The van der Waals surface area contributed by atoms with E-state index in [-0.39, 0.29) is 24.8 Å². The minimum atomic E-state index is -0.283. The summed E-state index contributed by atoms with van der Waals surface area (Å²) in [6.45, 7) is 1.68. The highest BCUT2D eigenvalue weighted by Gasteiger charge is 2.15. The number of hydrogen-bond acceptors (Lipinski definition) is 3. The number of nitrogens with zero attached hydrogens (tertiary/aromatic N) is 1. The van der Waals surface area contributed by atoms with Crippen LogP contribution in [0.4, 0.5) is 11.4 Å². The third kappa shape index (κ3) is 5.11. The van der Waals surface area contributed by atoms with Crippen molar-refractivity contribution >= 4 is 46.4 Å². The predicted octanol–water partition coefficient (Wildman–Crippen LogP) is 4.38. The van der Waals surface area contributed by atoms with Crippen LogP contribution in [0.1, 0.15) is 13.3 Å². The van der Waals surface area contributed by atoms with Gasteiger partial charge >= 0.3 is 0 Å². The molecule has 2 aromatic rings. The highest BCUT2D eigenvalue weighted by atomic mass is 35.5. The molecular formula is C18H18Cl2N2O3. The molecule has 132 valence electrons. The maximum Gasteiger partial charge on any atom is 0.226 e. The van der Waals surface area contributed by atoms with Crippen molar-refractivity contribution in [3.63, 3.8) is 0 Å². The lowest BCUT2D eigenvalue weighted by molar-refractivity contribution is -0.117. The molecule has 2 rings (SSSR count). The Labute approximate surface area is 156 Å². The van der Waals surface area contributed by atoms with Gasteiger partial charge in [-0.3, -0.25) is 9.59 Å². The summed E-state index contributed by atoms with van der Waals surface area (Å²) in [5, 5.41) is 3.40. The smallest absolute Gasteiger partial charge is 0.226 e. The molecule has 0 unspecified atom stereocenters. The van der Waals surface area contributed by atoms with Gasteiger partial charge in [-0.2, -0.15) is 0 Å². The average Bonchev–Trinajstić information content (AvgIpc) is 2.59. The second kappa shape index (κ2) is 8.74. The standard InChI is InChI=1S/C18H18Cl2N2O3/c1-12(23)22(13-6-8-14(25-2)9-7-13)11-10-17(24)21-18-15(19)4-3-5-16(18)20/h3-9H,10-11H2,1-2H3,(H,21,24). The van der Waals surface area contributed by atoms with Gasteiger partial charge in [-0.1, -0.05) is 29.3 Å². The third-order valence-electron chi connectivity index (χ3n) is 3.55. The molecule has 25 heavy (non-hydrogen) atoms. The Bertz CT molecular complexity index is 743. The second-order valence-corrected chi connectivity index (χ2v) is 6.08. The molecular weight excluding hydrogens is 363 g/mol. The van der Waals surface area contributed by atoms with Crippen LogP contribution < -0.4 is 15.0 Å². The maximum absolute atomic E-state index is 12.2. The number of ether oxygens (including phenoxy) is 1. The highest BCUT2D eigenvalue weighted by molar-refractivity contribution is 6.39. The zero-order valence-corrected chi connectivity index (χ0v) is 15.4. The van der Waals surface area contributed by atoms with Gasteiger partial charge in [0.2, 0.25) is 11.8 Å². The molecule has 1 N–H and O–H groups in total. The van der Waals surface area contributed by atoms with Gasteiger partial charge in [-0.25, -0.2) is 0 Å². The van der Waals surface area contributed by atoms with Crippen molar-refractivity contribution in [1.82, 2.24) is 0 Å². The van der Waals surface area contributed by atoms with E-state index in [4.69, 9.17) is 27.9 Å². The summed E-state index contributed by atoms with van der Waals surface area (Å²) in [4.78, 5) is 25.6. The first-order valence-electron chi connectivity index (χ1n) is 7.58. The molecule has 0 aromatic heterocycles. The lowest BCUT2D eigenvalue weighted by atomic mass is 10.2. The molecule has 0 atom stereocenters. The average molecular weight is 381 g/mol. The monoisotopic (exact) mass is 380 g/mol. The van der Waals surface area contributed by atoms with Gasteiger partial charge in [-0.15, -0.1) is 0 Å². The van der Waals surface area contributed by atoms with Crippen LogP contribution in [0.3, 0.4) is 0 Å². The summed E-state index contributed by atoms with van der Waals surface area (Å²) in [6.07, 6.45) is 0.104. The normalized spacial score (nSPS) is 10.2. The van der Waals surface area contributed by atoms with Crippen LogP contribution in [0, 0.1) is 0 Å². The Morgan fingerprint density at radius 2 is 1.68 bits per heavy atom. The Balaban J connectivity index is 2.03. The summed E-state index contributed by atoms with van der Waals surface area (Å²) < 4.78 is 5.10. The lowest BCUT2D eigenvalue weighted by Gasteiger charge is -2.21. The van der Waals surface area contributed by atoms with Crippen molar-refractivity contribution in [2.45, 2.75) is 13.3 Å². The molecule has 0 saturated carbocycles. The number of carbonyl (C=O) groups is 2. The number of carbonyl (C=O) groups excluding carboxylic acids is 2. The van der Waals surface area contributed by atoms with Crippen molar-refractivity contribution in [1.29, 1.82) is 0 Å². The molecule has 0 aliphatic rings. The molecule has 0 heterocycles. The van der Waals surface area contributed by atoms with Gasteiger partial charge in [0.1, 0.15) is 5.75 Å². The van der Waals surface area contributed by atoms with Gasteiger partial charge in [0, 0.05) is 25.6 Å². The van der Waals surface area contributed by atoms with E-state index in [0.29, 0.717) is 27.2 Å². The molecule has 5 nitrogen and oxygen atoms in total. The summed E-state index contributed by atoms with van der Waals surface area (Å²) in [5.74, 6) is 0.252. The zero-order chi connectivity index (χ0) is 18.4. The Kier molecular flexibility index (Phi) is 6.67. The van der Waals surface area contributed by atoms with Crippen LogP contribution in [-0.2, 0) is 9.59 Å². The summed E-state index contributed by atoms with van der Waals surface area (Å²) in [6, 6.07) is 12.0. The Morgan fingerprint density at radius 1 is 1.08 bits per heavy atom. The summed E-state index contributed by atoms with van der Waals surface area (Å²) in [7, 11) is 1.57. The van der Waals surface area contributed by atoms with Gasteiger partial charge in [0.05, 0.1) is 22.8 Å². The quantitative estimate of drug-likeness (QED) is 0.808. The lowest BCUT2D eigenvalue weighted by Crippen LogP contribution is -2.31. The number of methoxy groups -OCH3 is 1. The van der Waals surface area contributed by atoms with Crippen molar-refractivity contribution in [2.24, 2.45) is 0 Å². The van der Waals surface area contributed by atoms with E-state index >= 15 is 0 Å². The number of benzene rings is 2. The number of para-hydroxylation sites is 1. The molecule has 7 heteroatoms. The van der Waals surface area contributed by atoms with Crippen molar-refractivity contribution < 1.29 is 14.3 Å². The first-order chi connectivity index (χ1) is 11.9. The fourth-order valence-electron chi connectivity index (χ4n) is 2.26. The number of amides is 2. The number of hydrogen-bond donors (Lipinski definition) is 1. The van der Waals surface area contributed by atoms with E-state index in [1.165, 1.54) is 11.8 Å². The number of nitrogens with one attached hydrogen (secondary N) is 1. The Morgan fingerprint density at radius 3 is 2.20 bits per heavy atom. The van der Waals surface area contributed by atoms with Crippen molar-refractivity contribution in [3.05, 3.63) is 52.5 Å². The van der Waals surface area contributed by atoms with E-state index in [1.54, 1.807) is 49.6 Å². The van der Waals surface area contributed by atoms with E-state index in [2.05, 4.69) is 5.32 Å². The topological polar surface area (TPSA) is 58.6 Å². The van der Waals surface area contributed by atoms with Gasteiger partial charge in [0.15, 0.2) is 0 Å². The van der Waals surface area contributed by atoms with E-state index in [0.717, 1.165) is 0 Å².